The zero-order valence-corrected chi connectivity index (χ0v) is 15.9. The molecule has 7 heteroatoms. The number of ketones is 1. The van der Waals surface area contributed by atoms with Crippen LogP contribution in [0.5, 0.6) is 0 Å². The Morgan fingerprint density at radius 3 is 2.34 bits per heavy atom. The first-order valence-electron chi connectivity index (χ1n) is 9.55. The number of rotatable bonds is 8. The number of benzene rings is 2. The van der Waals surface area contributed by atoms with Crippen molar-refractivity contribution in [2.24, 2.45) is 0 Å². The topological polar surface area (TPSA) is 88.1 Å². The molecule has 2 aromatic carbocycles. The lowest BCUT2D eigenvalue weighted by Crippen LogP contribution is -2.28. The van der Waals surface area contributed by atoms with Crippen molar-refractivity contribution in [3.8, 4) is 0 Å². The lowest BCUT2D eigenvalue weighted by molar-refractivity contribution is -0.110. The largest absolute Gasteiger partial charge is 0.394 e. The van der Waals surface area contributed by atoms with Gasteiger partial charge in [-0.15, -0.1) is 0 Å². The number of carbonyl (C=O) groups is 2. The van der Waals surface area contributed by atoms with Crippen LogP contribution in [0.15, 0.2) is 54.2 Å². The van der Waals surface area contributed by atoms with E-state index >= 15 is 0 Å². The van der Waals surface area contributed by atoms with E-state index in [4.69, 9.17) is 14.6 Å². The Labute approximate surface area is 168 Å². The van der Waals surface area contributed by atoms with Crippen LogP contribution in [-0.2, 0) is 14.3 Å². The molecular weight excluding hydrogens is 372 g/mol. The van der Waals surface area contributed by atoms with Gasteiger partial charge in [0, 0.05) is 23.4 Å². The first kappa shape index (κ1) is 19.3. The zero-order valence-electron chi connectivity index (χ0n) is 15.9. The van der Waals surface area contributed by atoms with E-state index < -0.39 is 0 Å². The van der Waals surface area contributed by atoms with Gasteiger partial charge < -0.3 is 24.8 Å². The molecule has 0 atom stereocenters. The molecule has 2 aliphatic heterocycles. The number of aliphatic hydroxyl groups is 1. The average molecular weight is 394 g/mol. The number of nitrogens with zero attached hydrogens (tertiary/aromatic N) is 1. The van der Waals surface area contributed by atoms with Crippen molar-refractivity contribution < 1.29 is 24.2 Å². The van der Waals surface area contributed by atoms with E-state index in [2.05, 4.69) is 5.32 Å². The first-order valence-corrected chi connectivity index (χ1v) is 9.55. The Hall–Kier alpha value is -3.00. The number of amides is 1. The average Bonchev–Trinajstić information content (AvgIpc) is 3.21. The van der Waals surface area contributed by atoms with Crippen molar-refractivity contribution in [2.45, 2.75) is 0 Å². The van der Waals surface area contributed by atoms with Crippen LogP contribution in [0.25, 0.3) is 5.57 Å². The van der Waals surface area contributed by atoms with Crippen LogP contribution in [0, 0.1) is 0 Å². The van der Waals surface area contributed by atoms with Gasteiger partial charge >= 0.3 is 0 Å². The van der Waals surface area contributed by atoms with Gasteiger partial charge in [0.05, 0.1) is 44.3 Å². The van der Waals surface area contributed by atoms with Crippen molar-refractivity contribution in [1.29, 1.82) is 0 Å². The molecule has 2 aliphatic rings. The first-order chi connectivity index (χ1) is 14.2. The molecule has 2 heterocycles. The van der Waals surface area contributed by atoms with E-state index in [1.54, 1.807) is 6.07 Å². The lowest BCUT2D eigenvalue weighted by Gasteiger charge is -2.21. The van der Waals surface area contributed by atoms with Gasteiger partial charge in [-0.1, -0.05) is 30.3 Å². The maximum Gasteiger partial charge on any atom is 0.258 e. The molecule has 0 aliphatic carbocycles. The molecule has 7 nitrogen and oxygen atoms in total. The third kappa shape index (κ3) is 3.67. The van der Waals surface area contributed by atoms with Crippen LogP contribution in [0.1, 0.15) is 15.9 Å². The summed E-state index contributed by atoms with van der Waals surface area (Å²) in [5, 5.41) is 11.6. The Balaban J connectivity index is 1.61. The van der Waals surface area contributed by atoms with Crippen LogP contribution in [0.2, 0.25) is 0 Å². The van der Waals surface area contributed by atoms with Gasteiger partial charge in [0.2, 0.25) is 5.78 Å². The van der Waals surface area contributed by atoms with Crippen molar-refractivity contribution in [1.82, 2.24) is 0 Å². The van der Waals surface area contributed by atoms with Crippen LogP contribution >= 0.6 is 0 Å². The summed E-state index contributed by atoms with van der Waals surface area (Å²) >= 11 is 0. The summed E-state index contributed by atoms with van der Waals surface area (Å²) in [4.78, 5) is 27.8. The molecule has 0 aromatic heterocycles. The number of hydrogen-bond acceptors (Lipinski definition) is 6. The molecule has 0 unspecified atom stereocenters. The quantitative estimate of drug-likeness (QED) is 0.527. The smallest absolute Gasteiger partial charge is 0.258 e. The monoisotopic (exact) mass is 394 g/mol. The second-order valence-corrected chi connectivity index (χ2v) is 6.67. The van der Waals surface area contributed by atoms with Gasteiger partial charge in [-0.05, 0) is 18.2 Å². The number of para-hydroxylation sites is 2. The Bertz CT molecular complexity index is 969. The second kappa shape index (κ2) is 8.57. The number of carbonyl (C=O) groups excluding carboxylic acids is 2. The van der Waals surface area contributed by atoms with Gasteiger partial charge in [-0.25, -0.2) is 0 Å². The van der Waals surface area contributed by atoms with Gasteiger partial charge in [0.25, 0.3) is 5.91 Å². The molecule has 1 amide bonds. The number of hydrogen-bond donors (Lipinski definition) is 2. The minimum absolute atomic E-state index is 0.0207. The predicted molar refractivity (Wildman–Crippen MR) is 109 cm³/mol. The standard InChI is InChI=1S/C22H22N2O5/c25-10-12-29-14-13-28-11-9-24-18-8-4-2-6-16(18)21(26)20(24)19-15-5-1-3-7-17(15)23-22(19)27/h1-8,25H,9-14H2,(H,23,27). The summed E-state index contributed by atoms with van der Waals surface area (Å²) in [6.45, 7) is 1.83. The molecule has 29 heavy (non-hydrogen) atoms. The minimum Gasteiger partial charge on any atom is -0.394 e. The Kier molecular flexibility index (Phi) is 5.71. The van der Waals surface area contributed by atoms with E-state index in [-0.39, 0.29) is 24.9 Å². The van der Waals surface area contributed by atoms with Crippen LogP contribution < -0.4 is 10.2 Å². The second-order valence-electron chi connectivity index (χ2n) is 6.67. The van der Waals surface area contributed by atoms with Crippen molar-refractivity contribution in [3.05, 3.63) is 65.4 Å². The normalized spacial score (nSPS) is 17.5. The van der Waals surface area contributed by atoms with Gasteiger partial charge in [-0.3, -0.25) is 9.59 Å². The van der Waals surface area contributed by atoms with Crippen LogP contribution in [-0.4, -0.2) is 56.4 Å². The maximum atomic E-state index is 13.2. The fourth-order valence-electron chi connectivity index (χ4n) is 3.65. The van der Waals surface area contributed by atoms with Crippen LogP contribution in [0.3, 0.4) is 0 Å². The molecule has 4 rings (SSSR count). The minimum atomic E-state index is -0.273. The number of Topliss-reactive ketones (excluding diaryl/α,β-unsaturated/α-hetero) is 1. The molecule has 0 saturated carbocycles. The van der Waals surface area contributed by atoms with Gasteiger partial charge in [0.1, 0.15) is 5.70 Å². The number of ether oxygens (including phenoxy) is 2. The Morgan fingerprint density at radius 1 is 0.862 bits per heavy atom. The maximum absolute atomic E-state index is 13.2. The number of anilines is 2. The molecule has 2 aromatic rings. The highest BCUT2D eigenvalue weighted by Crippen LogP contribution is 2.41. The fraction of sp³-hybridized carbons (Fsp3) is 0.273. The SMILES string of the molecule is O=C1Nc2ccccc2C1=C1C(=O)c2ccccc2N1CCOCCOCCO. The molecule has 0 spiro atoms. The van der Waals surface area contributed by atoms with E-state index in [0.717, 1.165) is 11.3 Å². The van der Waals surface area contributed by atoms with Crippen molar-refractivity contribution in [3.63, 3.8) is 0 Å². The van der Waals surface area contributed by atoms with E-state index in [9.17, 15) is 9.59 Å². The van der Waals surface area contributed by atoms with E-state index in [1.807, 2.05) is 47.4 Å². The molecule has 0 radical (unpaired) electrons. The number of allylic oxidation sites excluding steroid dienone is 1. The summed E-state index contributed by atoms with van der Waals surface area (Å²) in [5.74, 6) is -0.431. The summed E-state index contributed by atoms with van der Waals surface area (Å²) < 4.78 is 10.8. The summed E-state index contributed by atoms with van der Waals surface area (Å²) in [6, 6.07) is 14.7. The van der Waals surface area contributed by atoms with Crippen molar-refractivity contribution in [2.75, 3.05) is 49.8 Å². The molecule has 0 saturated heterocycles. The van der Waals surface area contributed by atoms with Gasteiger partial charge in [0.15, 0.2) is 0 Å². The van der Waals surface area contributed by atoms with E-state index in [0.29, 0.717) is 48.9 Å². The lowest BCUT2D eigenvalue weighted by atomic mass is 10.0. The molecule has 150 valence electrons. The molecular formula is C22H22N2O5. The highest BCUT2D eigenvalue weighted by Gasteiger charge is 2.39. The van der Waals surface area contributed by atoms with E-state index in [1.165, 1.54) is 0 Å². The highest BCUT2D eigenvalue weighted by atomic mass is 16.5. The summed E-state index contributed by atoms with van der Waals surface area (Å²) in [6.07, 6.45) is 0. The summed E-state index contributed by atoms with van der Waals surface area (Å²) in [5.41, 5.74) is 3.58. The van der Waals surface area contributed by atoms with Crippen molar-refractivity contribution >= 4 is 28.6 Å². The molecule has 0 bridgehead atoms. The Morgan fingerprint density at radius 2 is 1.55 bits per heavy atom. The third-order valence-electron chi connectivity index (χ3n) is 4.90. The number of aliphatic hydroxyl groups excluding tert-OH is 1. The number of fused-ring (bicyclic) bond motifs is 2. The van der Waals surface area contributed by atoms with Gasteiger partial charge in [-0.2, -0.15) is 0 Å². The zero-order chi connectivity index (χ0) is 20.2. The highest BCUT2D eigenvalue weighted by molar-refractivity contribution is 6.39. The van der Waals surface area contributed by atoms with Crippen LogP contribution in [0.4, 0.5) is 11.4 Å². The summed E-state index contributed by atoms with van der Waals surface area (Å²) in [7, 11) is 0. The molecule has 2 N–H and O–H groups in total. The molecule has 0 fully saturated rings. The predicted octanol–water partition coefficient (Wildman–Crippen LogP) is 2.08. The number of nitrogens with one attached hydrogen (secondary N) is 1. The third-order valence-corrected chi connectivity index (χ3v) is 4.90. The fourth-order valence-corrected chi connectivity index (χ4v) is 3.65.